The highest BCUT2D eigenvalue weighted by atomic mass is 35.5. The van der Waals surface area contributed by atoms with Gasteiger partial charge in [0.25, 0.3) is 0 Å². The standard InChI is InChI=1S/C15H10ClF3N4O/c16-11-6-10(1-2-12(11)23-7-13(20)22-8-23)24-14-5-9(3-4-21-14)15(17,18)19/h1-8H,20H2. The predicted molar refractivity (Wildman–Crippen MR) is 82.3 cm³/mol. The first-order valence-electron chi connectivity index (χ1n) is 6.63. The van der Waals surface area contributed by atoms with Crippen LogP contribution in [0.25, 0.3) is 5.69 Å². The topological polar surface area (TPSA) is 66.0 Å². The van der Waals surface area contributed by atoms with Crippen LogP contribution in [0.3, 0.4) is 0 Å². The summed E-state index contributed by atoms with van der Waals surface area (Å²) in [6.45, 7) is 0. The van der Waals surface area contributed by atoms with Gasteiger partial charge >= 0.3 is 6.18 Å². The highest BCUT2D eigenvalue weighted by Gasteiger charge is 2.31. The maximum atomic E-state index is 12.7. The average Bonchev–Trinajstić information content (AvgIpc) is 2.93. The van der Waals surface area contributed by atoms with Crippen LogP contribution < -0.4 is 10.5 Å². The third-order valence-corrected chi connectivity index (χ3v) is 3.39. The smallest absolute Gasteiger partial charge is 0.416 e. The zero-order chi connectivity index (χ0) is 17.3. The first kappa shape index (κ1) is 16.1. The molecule has 0 bridgehead atoms. The van der Waals surface area contributed by atoms with Crippen LogP contribution in [0.1, 0.15) is 5.56 Å². The van der Waals surface area contributed by atoms with Crippen LogP contribution in [0.2, 0.25) is 5.02 Å². The SMILES string of the molecule is Nc1cn(-c2ccc(Oc3cc(C(F)(F)F)ccn3)cc2Cl)cn1. The lowest BCUT2D eigenvalue weighted by Crippen LogP contribution is -2.05. The molecule has 0 fully saturated rings. The molecule has 0 aliphatic rings. The van der Waals surface area contributed by atoms with Crippen molar-refractivity contribution in [3.8, 4) is 17.3 Å². The fourth-order valence-corrected chi connectivity index (χ4v) is 2.26. The number of nitrogen functional groups attached to an aromatic ring is 1. The van der Waals surface area contributed by atoms with Crippen LogP contribution in [0.15, 0.2) is 49.1 Å². The predicted octanol–water partition coefficient (Wildman–Crippen LogP) is 4.31. The molecule has 2 N–H and O–H groups in total. The van der Waals surface area contributed by atoms with Gasteiger partial charge in [0.2, 0.25) is 5.88 Å². The zero-order valence-corrected chi connectivity index (χ0v) is 12.7. The van der Waals surface area contributed by atoms with E-state index in [-0.39, 0.29) is 11.6 Å². The Balaban J connectivity index is 1.85. The van der Waals surface area contributed by atoms with E-state index in [4.69, 9.17) is 22.1 Å². The number of benzene rings is 1. The highest BCUT2D eigenvalue weighted by molar-refractivity contribution is 6.32. The summed E-state index contributed by atoms with van der Waals surface area (Å²) < 4.78 is 45.0. The molecule has 124 valence electrons. The minimum Gasteiger partial charge on any atom is -0.439 e. The fourth-order valence-electron chi connectivity index (χ4n) is 1.99. The Morgan fingerprint density at radius 1 is 1.12 bits per heavy atom. The summed E-state index contributed by atoms with van der Waals surface area (Å²) in [4.78, 5) is 7.66. The molecule has 0 spiro atoms. The highest BCUT2D eigenvalue weighted by Crippen LogP contribution is 2.33. The van der Waals surface area contributed by atoms with Gasteiger partial charge in [-0.2, -0.15) is 13.2 Å². The maximum absolute atomic E-state index is 12.7. The molecule has 0 saturated heterocycles. The second-order valence-electron chi connectivity index (χ2n) is 4.80. The normalized spacial score (nSPS) is 11.5. The first-order valence-corrected chi connectivity index (χ1v) is 7.01. The van der Waals surface area contributed by atoms with Gasteiger partial charge in [-0.05, 0) is 18.2 Å². The Hall–Kier alpha value is -2.74. The van der Waals surface area contributed by atoms with Crippen molar-refractivity contribution in [2.45, 2.75) is 6.18 Å². The number of nitrogens with zero attached hydrogens (tertiary/aromatic N) is 3. The monoisotopic (exact) mass is 354 g/mol. The van der Waals surface area contributed by atoms with Gasteiger partial charge in [-0.1, -0.05) is 11.6 Å². The summed E-state index contributed by atoms with van der Waals surface area (Å²) in [5, 5.41) is 0.317. The second kappa shape index (κ2) is 6.04. The number of ether oxygens (including phenoxy) is 1. The molecule has 3 rings (SSSR count). The number of hydrogen-bond donors (Lipinski definition) is 1. The van der Waals surface area contributed by atoms with Crippen molar-refractivity contribution in [3.63, 3.8) is 0 Å². The quantitative estimate of drug-likeness (QED) is 0.761. The lowest BCUT2D eigenvalue weighted by molar-refractivity contribution is -0.137. The van der Waals surface area contributed by atoms with E-state index in [9.17, 15) is 13.2 Å². The van der Waals surface area contributed by atoms with Crippen LogP contribution in [0, 0.1) is 0 Å². The van der Waals surface area contributed by atoms with Crippen molar-refractivity contribution in [3.05, 3.63) is 59.6 Å². The summed E-state index contributed by atoms with van der Waals surface area (Å²) in [7, 11) is 0. The molecule has 0 aliphatic carbocycles. The molecule has 0 aliphatic heterocycles. The molecule has 3 aromatic rings. The number of anilines is 1. The minimum absolute atomic E-state index is 0.180. The molecule has 2 aromatic heterocycles. The Labute approximate surface area is 139 Å². The number of nitrogens with two attached hydrogens (primary N) is 1. The number of rotatable bonds is 3. The summed E-state index contributed by atoms with van der Waals surface area (Å²) in [5.41, 5.74) is 5.31. The van der Waals surface area contributed by atoms with Gasteiger partial charge in [0, 0.05) is 18.3 Å². The van der Waals surface area contributed by atoms with Gasteiger partial charge in [-0.3, -0.25) is 0 Å². The van der Waals surface area contributed by atoms with E-state index in [1.807, 2.05) is 0 Å². The van der Waals surface area contributed by atoms with E-state index in [1.54, 1.807) is 22.9 Å². The number of aromatic nitrogens is 3. The van der Waals surface area contributed by atoms with Crippen LogP contribution in [-0.4, -0.2) is 14.5 Å². The maximum Gasteiger partial charge on any atom is 0.416 e. The molecule has 1 aromatic carbocycles. The Kier molecular flexibility index (Phi) is 4.06. The number of hydrogen-bond acceptors (Lipinski definition) is 4. The molecular weight excluding hydrogens is 345 g/mol. The van der Waals surface area contributed by atoms with Gasteiger partial charge in [0.15, 0.2) is 0 Å². The molecule has 0 unspecified atom stereocenters. The first-order chi connectivity index (χ1) is 11.3. The number of pyridine rings is 1. The van der Waals surface area contributed by atoms with Crippen LogP contribution in [0.4, 0.5) is 19.0 Å². The van der Waals surface area contributed by atoms with Crippen molar-refractivity contribution in [1.29, 1.82) is 0 Å². The third kappa shape index (κ3) is 3.43. The van der Waals surface area contributed by atoms with Crippen molar-refractivity contribution in [2.75, 3.05) is 5.73 Å². The number of imidazole rings is 1. The molecule has 9 heteroatoms. The molecule has 5 nitrogen and oxygen atoms in total. The van der Waals surface area contributed by atoms with E-state index in [2.05, 4.69) is 9.97 Å². The molecular formula is C15H10ClF3N4O. The average molecular weight is 355 g/mol. The van der Waals surface area contributed by atoms with E-state index in [0.29, 0.717) is 16.5 Å². The fraction of sp³-hybridized carbons (Fsp3) is 0.0667. The van der Waals surface area contributed by atoms with Gasteiger partial charge in [0.05, 0.1) is 22.5 Å². The van der Waals surface area contributed by atoms with E-state index < -0.39 is 11.7 Å². The largest absolute Gasteiger partial charge is 0.439 e. The second-order valence-corrected chi connectivity index (χ2v) is 5.21. The summed E-state index contributed by atoms with van der Waals surface area (Å²) in [5.74, 6) is 0.406. The van der Waals surface area contributed by atoms with Crippen molar-refractivity contribution < 1.29 is 17.9 Å². The van der Waals surface area contributed by atoms with Crippen molar-refractivity contribution in [2.24, 2.45) is 0 Å². The van der Waals surface area contributed by atoms with Gasteiger partial charge in [0.1, 0.15) is 17.9 Å². The molecule has 0 atom stereocenters. The van der Waals surface area contributed by atoms with Gasteiger partial charge < -0.3 is 15.0 Å². The molecule has 0 radical (unpaired) electrons. The molecule has 0 saturated carbocycles. The number of halogens is 4. The van der Waals surface area contributed by atoms with Crippen molar-refractivity contribution in [1.82, 2.24) is 14.5 Å². The molecule has 0 amide bonds. The Bertz CT molecular complexity index is 879. The Morgan fingerprint density at radius 2 is 1.92 bits per heavy atom. The van der Waals surface area contributed by atoms with Gasteiger partial charge in [-0.15, -0.1) is 0 Å². The summed E-state index contributed by atoms with van der Waals surface area (Å²) in [6.07, 6.45) is -0.367. The lowest BCUT2D eigenvalue weighted by Gasteiger charge is -2.10. The van der Waals surface area contributed by atoms with Gasteiger partial charge in [-0.25, -0.2) is 9.97 Å². The Morgan fingerprint density at radius 3 is 2.54 bits per heavy atom. The van der Waals surface area contributed by atoms with Crippen molar-refractivity contribution >= 4 is 17.4 Å². The summed E-state index contributed by atoms with van der Waals surface area (Å²) in [6, 6.07) is 6.34. The lowest BCUT2D eigenvalue weighted by atomic mass is 10.2. The van der Waals surface area contributed by atoms with Crippen LogP contribution >= 0.6 is 11.6 Å². The zero-order valence-electron chi connectivity index (χ0n) is 12.0. The third-order valence-electron chi connectivity index (χ3n) is 3.08. The van der Waals surface area contributed by atoms with Crippen LogP contribution in [0.5, 0.6) is 11.6 Å². The number of alkyl halides is 3. The van der Waals surface area contributed by atoms with E-state index in [0.717, 1.165) is 18.3 Å². The van der Waals surface area contributed by atoms with E-state index in [1.165, 1.54) is 12.4 Å². The van der Waals surface area contributed by atoms with E-state index >= 15 is 0 Å². The van der Waals surface area contributed by atoms with Crippen LogP contribution in [-0.2, 0) is 6.18 Å². The molecule has 24 heavy (non-hydrogen) atoms. The molecule has 2 heterocycles. The minimum atomic E-state index is -4.47. The summed E-state index contributed by atoms with van der Waals surface area (Å²) >= 11 is 6.17.